The summed E-state index contributed by atoms with van der Waals surface area (Å²) in [5.74, 6) is -0.488. The summed E-state index contributed by atoms with van der Waals surface area (Å²) in [6.07, 6.45) is 83.5. The second-order valence-corrected chi connectivity index (χ2v) is 20.6. The molecule has 0 aromatic heterocycles. The number of esters is 2. The number of unbranched alkanes of at least 4 members (excludes halogenated alkanes) is 32. The van der Waals surface area contributed by atoms with E-state index in [-0.39, 0.29) is 25.2 Å². The summed E-state index contributed by atoms with van der Waals surface area (Å²) in [5, 5.41) is 0. The van der Waals surface area contributed by atoms with E-state index >= 15 is 0 Å². The smallest absolute Gasteiger partial charge is 0.306 e. The molecule has 5 heteroatoms. The zero-order valence-corrected chi connectivity index (χ0v) is 47.9. The fraction of sp³-hybridized carbons (Fsp3) is 0.761. The topological polar surface area (TPSA) is 61.8 Å². The van der Waals surface area contributed by atoms with Crippen molar-refractivity contribution in [1.82, 2.24) is 0 Å². The van der Waals surface area contributed by atoms with Gasteiger partial charge in [0.15, 0.2) is 6.10 Å². The van der Waals surface area contributed by atoms with E-state index in [1.54, 1.807) is 0 Å². The van der Waals surface area contributed by atoms with Crippen molar-refractivity contribution in [1.29, 1.82) is 0 Å². The van der Waals surface area contributed by atoms with Crippen LogP contribution in [0.4, 0.5) is 0 Å². The van der Waals surface area contributed by atoms with Gasteiger partial charge in [-0.1, -0.05) is 292 Å². The highest BCUT2D eigenvalue weighted by Crippen LogP contribution is 2.16. The molecule has 416 valence electrons. The van der Waals surface area contributed by atoms with Crippen LogP contribution in [0.5, 0.6) is 0 Å². The van der Waals surface area contributed by atoms with Crippen LogP contribution < -0.4 is 0 Å². The first-order valence-corrected chi connectivity index (χ1v) is 31.1. The van der Waals surface area contributed by atoms with Crippen molar-refractivity contribution < 1.29 is 23.8 Å². The molecule has 0 radical (unpaired) electrons. The highest BCUT2D eigenvalue weighted by molar-refractivity contribution is 5.70. The van der Waals surface area contributed by atoms with E-state index in [2.05, 4.69) is 99.8 Å². The van der Waals surface area contributed by atoms with E-state index < -0.39 is 6.10 Å². The maximum atomic E-state index is 12.9. The van der Waals surface area contributed by atoms with Crippen molar-refractivity contribution >= 4 is 11.9 Å². The Bertz CT molecular complexity index is 1320. The Kier molecular flexibility index (Phi) is 59.8. The number of carbonyl (C=O) groups excluding carboxylic acids is 2. The molecule has 0 rings (SSSR count). The molecule has 0 aliphatic carbocycles. The van der Waals surface area contributed by atoms with Crippen LogP contribution in [0.2, 0.25) is 0 Å². The molecule has 0 aliphatic rings. The summed E-state index contributed by atoms with van der Waals surface area (Å²) in [7, 11) is 0. The van der Waals surface area contributed by atoms with Crippen molar-refractivity contribution in [3.8, 4) is 0 Å². The molecule has 0 bridgehead atoms. The third kappa shape index (κ3) is 59.6. The minimum atomic E-state index is -0.572. The molecule has 0 N–H and O–H groups in total. The third-order valence-corrected chi connectivity index (χ3v) is 13.4. The van der Waals surface area contributed by atoms with Crippen LogP contribution in [0.1, 0.15) is 303 Å². The van der Waals surface area contributed by atoms with Gasteiger partial charge >= 0.3 is 11.9 Å². The Hall–Kier alpha value is -2.92. The summed E-state index contributed by atoms with van der Waals surface area (Å²) in [6.45, 7) is 7.67. The third-order valence-electron chi connectivity index (χ3n) is 13.4. The Morgan fingerprint density at radius 1 is 0.319 bits per heavy atom. The minimum absolute atomic E-state index is 0.0435. The van der Waals surface area contributed by atoms with Crippen LogP contribution >= 0.6 is 0 Å². The van der Waals surface area contributed by atoms with Gasteiger partial charge in [-0.2, -0.15) is 0 Å². The molecular formula is C67H118O5. The fourth-order valence-electron chi connectivity index (χ4n) is 8.83. The number of rotatable bonds is 57. The molecule has 1 unspecified atom stereocenters. The summed E-state index contributed by atoms with van der Waals surface area (Å²) in [6, 6.07) is 0. The van der Waals surface area contributed by atoms with Gasteiger partial charge in [-0.05, 0) is 83.5 Å². The largest absolute Gasteiger partial charge is 0.462 e. The van der Waals surface area contributed by atoms with Crippen molar-refractivity contribution in [2.24, 2.45) is 0 Å². The van der Waals surface area contributed by atoms with Gasteiger partial charge in [0.25, 0.3) is 0 Å². The molecular weight excluding hydrogens is 885 g/mol. The molecule has 0 amide bonds. The number of hydrogen-bond donors (Lipinski definition) is 0. The standard InChI is InChI=1S/C67H118O5/c1-4-7-10-13-16-19-22-25-28-31-33-35-38-41-44-47-50-53-56-59-62-70-63-65(72-67(69)61-58-55-52-49-46-43-40-36-30-27-24-21-18-15-12-9-6-3)64-71-66(68)60-57-54-51-48-45-42-39-37-34-32-29-26-23-20-17-14-11-8-5-2/h8,11,17,20,26-27,29-30,34,37,42,45,51,54,65H,4-7,9-10,12-16,18-19,21-25,28,31-33,35-36,38-41,43-44,46-50,52-53,55-64H2,1-3H3/b11-8-,20-17-,29-26-,30-27-,37-34-,45-42-,54-51-. The van der Waals surface area contributed by atoms with Crippen molar-refractivity contribution in [2.75, 3.05) is 19.8 Å². The number of hydrogen-bond acceptors (Lipinski definition) is 5. The van der Waals surface area contributed by atoms with Crippen molar-refractivity contribution in [3.63, 3.8) is 0 Å². The van der Waals surface area contributed by atoms with Gasteiger partial charge in [-0.15, -0.1) is 0 Å². The highest BCUT2D eigenvalue weighted by atomic mass is 16.6. The second-order valence-electron chi connectivity index (χ2n) is 20.6. The molecule has 0 fully saturated rings. The van der Waals surface area contributed by atoms with Gasteiger partial charge in [-0.3, -0.25) is 9.59 Å². The monoisotopic (exact) mass is 1000 g/mol. The summed E-state index contributed by atoms with van der Waals surface area (Å²) in [4.78, 5) is 25.6. The van der Waals surface area contributed by atoms with Crippen molar-refractivity contribution in [2.45, 2.75) is 309 Å². The first kappa shape index (κ1) is 69.1. The maximum absolute atomic E-state index is 12.9. The quantitative estimate of drug-likeness (QED) is 0.0345. The lowest BCUT2D eigenvalue weighted by atomic mass is 10.0. The van der Waals surface area contributed by atoms with Gasteiger partial charge in [-0.25, -0.2) is 0 Å². The lowest BCUT2D eigenvalue weighted by molar-refractivity contribution is -0.162. The van der Waals surface area contributed by atoms with E-state index in [9.17, 15) is 9.59 Å². The van der Waals surface area contributed by atoms with Gasteiger partial charge in [0.1, 0.15) is 6.61 Å². The van der Waals surface area contributed by atoms with Gasteiger partial charge in [0.2, 0.25) is 0 Å². The molecule has 0 saturated carbocycles. The van der Waals surface area contributed by atoms with Crippen LogP contribution in [-0.4, -0.2) is 37.9 Å². The Labute approximate surface area is 448 Å². The number of ether oxygens (including phenoxy) is 3. The predicted molar refractivity (Wildman–Crippen MR) is 316 cm³/mol. The fourth-order valence-corrected chi connectivity index (χ4v) is 8.83. The SMILES string of the molecule is CC/C=C\C/C=C\C/C=C\C/C=C\C/C=C\C/C=C\CCC(=O)OCC(COCCCCCCCCCCCCCCCCCCCCCC)OC(=O)CCCCCCCCC/C=C\CCCCCCCC. The second kappa shape index (κ2) is 62.4. The van der Waals surface area contributed by atoms with E-state index in [0.29, 0.717) is 25.9 Å². The number of allylic oxidation sites excluding steroid dienone is 14. The average molecular weight is 1000 g/mol. The Morgan fingerprint density at radius 2 is 0.653 bits per heavy atom. The molecule has 5 nitrogen and oxygen atoms in total. The van der Waals surface area contributed by atoms with Crippen LogP contribution in [0, 0.1) is 0 Å². The molecule has 0 aromatic rings. The summed E-state index contributed by atoms with van der Waals surface area (Å²) < 4.78 is 17.5. The van der Waals surface area contributed by atoms with Crippen LogP contribution in [0.3, 0.4) is 0 Å². The zero-order valence-electron chi connectivity index (χ0n) is 47.9. The first-order valence-electron chi connectivity index (χ1n) is 31.1. The van der Waals surface area contributed by atoms with E-state index in [4.69, 9.17) is 14.2 Å². The summed E-state index contributed by atoms with van der Waals surface area (Å²) >= 11 is 0. The van der Waals surface area contributed by atoms with Crippen molar-refractivity contribution in [3.05, 3.63) is 85.1 Å². The lowest BCUT2D eigenvalue weighted by Gasteiger charge is -2.18. The highest BCUT2D eigenvalue weighted by Gasteiger charge is 2.17. The Balaban J connectivity index is 4.36. The lowest BCUT2D eigenvalue weighted by Crippen LogP contribution is -2.30. The van der Waals surface area contributed by atoms with Gasteiger partial charge in [0, 0.05) is 19.4 Å². The van der Waals surface area contributed by atoms with E-state index in [0.717, 1.165) is 70.6 Å². The average Bonchev–Trinajstić information content (AvgIpc) is 3.38. The normalized spacial score (nSPS) is 12.8. The van der Waals surface area contributed by atoms with E-state index in [1.165, 1.54) is 193 Å². The predicted octanol–water partition coefficient (Wildman–Crippen LogP) is 21.6. The van der Waals surface area contributed by atoms with Crippen LogP contribution in [0.25, 0.3) is 0 Å². The van der Waals surface area contributed by atoms with Crippen LogP contribution in [-0.2, 0) is 23.8 Å². The minimum Gasteiger partial charge on any atom is -0.462 e. The van der Waals surface area contributed by atoms with E-state index in [1.807, 2.05) is 6.08 Å². The molecule has 72 heavy (non-hydrogen) atoms. The molecule has 0 saturated heterocycles. The zero-order chi connectivity index (χ0) is 52.0. The van der Waals surface area contributed by atoms with Gasteiger partial charge < -0.3 is 14.2 Å². The first-order chi connectivity index (χ1) is 35.6. The Morgan fingerprint density at radius 3 is 1.06 bits per heavy atom. The van der Waals surface area contributed by atoms with Gasteiger partial charge in [0.05, 0.1) is 6.61 Å². The summed E-state index contributed by atoms with van der Waals surface area (Å²) in [5.41, 5.74) is 0. The molecule has 0 spiro atoms. The maximum Gasteiger partial charge on any atom is 0.306 e. The molecule has 0 aromatic carbocycles. The molecule has 0 heterocycles. The molecule has 1 atom stereocenters. The van der Waals surface area contributed by atoms with Crippen LogP contribution in [0.15, 0.2) is 85.1 Å². The number of carbonyl (C=O) groups is 2. The molecule has 0 aliphatic heterocycles.